The van der Waals surface area contributed by atoms with Crippen molar-refractivity contribution in [2.75, 3.05) is 6.61 Å². The number of hydrogen-bond acceptors (Lipinski definition) is 3. The first-order valence-electron chi connectivity index (χ1n) is 8.72. The minimum atomic E-state index is -0.0794. The first kappa shape index (κ1) is 17.7. The molecule has 1 aromatic heterocycles. The number of nitrogens with one attached hydrogen (secondary N) is 1. The summed E-state index contributed by atoms with van der Waals surface area (Å²) in [4.78, 5) is 16.5. The van der Waals surface area contributed by atoms with Crippen LogP contribution in [0.25, 0.3) is 0 Å². The molecule has 0 aliphatic rings. The average molecular weight is 349 g/mol. The van der Waals surface area contributed by atoms with Crippen LogP contribution in [0, 0.1) is 6.92 Å². The molecule has 3 rings (SSSR count). The first-order chi connectivity index (χ1) is 12.7. The molecule has 134 valence electrons. The Morgan fingerprint density at radius 2 is 1.77 bits per heavy atom. The summed E-state index contributed by atoms with van der Waals surface area (Å²) in [7, 11) is 0. The molecule has 1 heterocycles. The third kappa shape index (κ3) is 4.51. The Morgan fingerprint density at radius 3 is 2.38 bits per heavy atom. The summed E-state index contributed by atoms with van der Waals surface area (Å²) in [5, 5.41) is 2.95. The number of carbonyl (C=O) groups is 1. The van der Waals surface area contributed by atoms with Gasteiger partial charge in [0.1, 0.15) is 11.6 Å². The van der Waals surface area contributed by atoms with Crippen LogP contribution >= 0.6 is 0 Å². The molecule has 5 nitrogen and oxygen atoms in total. The van der Waals surface area contributed by atoms with Crippen molar-refractivity contribution in [3.63, 3.8) is 0 Å². The van der Waals surface area contributed by atoms with E-state index >= 15 is 0 Å². The quantitative estimate of drug-likeness (QED) is 0.709. The molecule has 0 spiro atoms. The summed E-state index contributed by atoms with van der Waals surface area (Å²) in [5.74, 6) is 1.73. The van der Waals surface area contributed by atoms with Crippen LogP contribution in [-0.4, -0.2) is 22.1 Å². The lowest BCUT2D eigenvalue weighted by molar-refractivity contribution is 0.0951. The molecular formula is C21H23N3O2. The zero-order valence-electron chi connectivity index (χ0n) is 15.1. The van der Waals surface area contributed by atoms with E-state index in [1.54, 1.807) is 6.20 Å². The fourth-order valence-corrected chi connectivity index (χ4v) is 2.68. The normalized spacial score (nSPS) is 10.5. The van der Waals surface area contributed by atoms with Gasteiger partial charge in [0.25, 0.3) is 5.91 Å². The number of aromatic nitrogens is 2. The van der Waals surface area contributed by atoms with Crippen molar-refractivity contribution in [3.8, 4) is 5.75 Å². The molecule has 0 unspecified atom stereocenters. The van der Waals surface area contributed by atoms with Gasteiger partial charge < -0.3 is 14.6 Å². The zero-order valence-corrected chi connectivity index (χ0v) is 15.1. The highest BCUT2D eigenvalue weighted by Gasteiger charge is 2.06. The van der Waals surface area contributed by atoms with Gasteiger partial charge in [-0.25, -0.2) is 4.98 Å². The summed E-state index contributed by atoms with van der Waals surface area (Å²) in [6.07, 6.45) is 3.74. The maximum Gasteiger partial charge on any atom is 0.251 e. The third-order valence-electron chi connectivity index (χ3n) is 4.18. The number of aryl methyl sites for hydroxylation is 1. The van der Waals surface area contributed by atoms with Gasteiger partial charge in [0.15, 0.2) is 0 Å². The Balaban J connectivity index is 1.55. The second-order valence-corrected chi connectivity index (χ2v) is 6.06. The Kier molecular flexibility index (Phi) is 5.69. The molecule has 0 fully saturated rings. The largest absolute Gasteiger partial charge is 0.494 e. The van der Waals surface area contributed by atoms with Crippen molar-refractivity contribution in [1.29, 1.82) is 0 Å². The highest BCUT2D eigenvalue weighted by atomic mass is 16.5. The fourth-order valence-electron chi connectivity index (χ4n) is 2.68. The Labute approximate surface area is 153 Å². The van der Waals surface area contributed by atoms with Gasteiger partial charge in [0, 0.05) is 31.0 Å². The van der Waals surface area contributed by atoms with Crippen LogP contribution in [0.3, 0.4) is 0 Å². The van der Waals surface area contributed by atoms with Crippen LogP contribution in [0.2, 0.25) is 0 Å². The number of ether oxygens (including phenoxy) is 1. The maximum atomic E-state index is 12.3. The van der Waals surface area contributed by atoms with E-state index in [0.717, 1.165) is 29.2 Å². The SMILES string of the molecule is CCOc1ccc(CNC(=O)c2ccc(Cn3ccnc3C)cc2)cc1. The number of rotatable bonds is 7. The van der Waals surface area contributed by atoms with Crippen LogP contribution in [0.15, 0.2) is 60.9 Å². The first-order valence-corrected chi connectivity index (χ1v) is 8.72. The number of nitrogens with zero attached hydrogens (tertiary/aromatic N) is 2. The molecule has 5 heteroatoms. The third-order valence-corrected chi connectivity index (χ3v) is 4.18. The number of carbonyl (C=O) groups excluding carboxylic acids is 1. The van der Waals surface area contributed by atoms with Gasteiger partial charge in [0.05, 0.1) is 6.61 Å². The molecule has 26 heavy (non-hydrogen) atoms. The minimum Gasteiger partial charge on any atom is -0.494 e. The highest BCUT2D eigenvalue weighted by molar-refractivity contribution is 5.94. The monoisotopic (exact) mass is 349 g/mol. The van der Waals surface area contributed by atoms with Gasteiger partial charge in [-0.3, -0.25) is 4.79 Å². The van der Waals surface area contributed by atoms with Gasteiger partial charge in [-0.1, -0.05) is 24.3 Å². The van der Waals surface area contributed by atoms with E-state index < -0.39 is 0 Å². The average Bonchev–Trinajstić information content (AvgIpc) is 3.06. The maximum absolute atomic E-state index is 12.3. The van der Waals surface area contributed by atoms with Crippen molar-refractivity contribution < 1.29 is 9.53 Å². The number of imidazole rings is 1. The number of amides is 1. The Bertz CT molecular complexity index is 852. The van der Waals surface area contributed by atoms with Gasteiger partial charge in [-0.05, 0) is 49.2 Å². The van der Waals surface area contributed by atoms with Gasteiger partial charge in [-0.15, -0.1) is 0 Å². The molecule has 0 atom stereocenters. The Morgan fingerprint density at radius 1 is 1.08 bits per heavy atom. The highest BCUT2D eigenvalue weighted by Crippen LogP contribution is 2.12. The topological polar surface area (TPSA) is 56.1 Å². The molecular weight excluding hydrogens is 326 g/mol. The molecule has 0 aliphatic carbocycles. The van der Waals surface area contributed by atoms with Crippen molar-refractivity contribution in [3.05, 3.63) is 83.4 Å². The van der Waals surface area contributed by atoms with Crippen LogP contribution in [-0.2, 0) is 13.1 Å². The van der Waals surface area contributed by atoms with Crippen LogP contribution in [0.4, 0.5) is 0 Å². The number of hydrogen-bond donors (Lipinski definition) is 1. The predicted octanol–water partition coefficient (Wildman–Crippen LogP) is 3.57. The molecule has 0 saturated heterocycles. The molecule has 0 radical (unpaired) electrons. The summed E-state index contributed by atoms with van der Waals surface area (Å²) in [6.45, 7) is 5.81. The molecule has 2 aromatic carbocycles. The van der Waals surface area contributed by atoms with E-state index in [1.807, 2.05) is 68.6 Å². The predicted molar refractivity (Wildman–Crippen MR) is 101 cm³/mol. The summed E-state index contributed by atoms with van der Waals surface area (Å²) < 4.78 is 7.49. The van der Waals surface area contributed by atoms with Crippen LogP contribution in [0.5, 0.6) is 5.75 Å². The summed E-state index contributed by atoms with van der Waals surface area (Å²) in [6, 6.07) is 15.4. The van der Waals surface area contributed by atoms with E-state index in [9.17, 15) is 4.79 Å². The molecule has 3 aromatic rings. The smallest absolute Gasteiger partial charge is 0.251 e. The lowest BCUT2D eigenvalue weighted by Crippen LogP contribution is -2.22. The number of benzene rings is 2. The summed E-state index contributed by atoms with van der Waals surface area (Å²) in [5.41, 5.74) is 2.82. The van der Waals surface area contributed by atoms with E-state index in [2.05, 4.69) is 14.9 Å². The van der Waals surface area contributed by atoms with E-state index in [0.29, 0.717) is 18.7 Å². The standard InChI is InChI=1S/C21H23N3O2/c1-3-26-20-10-6-17(7-11-20)14-23-21(25)19-8-4-18(5-9-19)15-24-13-12-22-16(24)2/h4-13H,3,14-15H2,1-2H3,(H,23,25). The summed E-state index contributed by atoms with van der Waals surface area (Å²) >= 11 is 0. The second-order valence-electron chi connectivity index (χ2n) is 6.06. The minimum absolute atomic E-state index is 0.0794. The second kappa shape index (κ2) is 8.34. The van der Waals surface area contributed by atoms with E-state index in [1.165, 1.54) is 0 Å². The lowest BCUT2D eigenvalue weighted by atomic mass is 10.1. The molecule has 0 aliphatic heterocycles. The molecule has 1 amide bonds. The fraction of sp³-hybridized carbons (Fsp3) is 0.238. The zero-order chi connectivity index (χ0) is 18.4. The van der Waals surface area contributed by atoms with Gasteiger partial charge >= 0.3 is 0 Å². The van der Waals surface area contributed by atoms with E-state index in [4.69, 9.17) is 4.74 Å². The van der Waals surface area contributed by atoms with E-state index in [-0.39, 0.29) is 5.91 Å². The molecule has 0 bridgehead atoms. The molecule has 1 N–H and O–H groups in total. The van der Waals surface area contributed by atoms with Crippen molar-refractivity contribution in [1.82, 2.24) is 14.9 Å². The van der Waals surface area contributed by atoms with Gasteiger partial charge in [0.2, 0.25) is 0 Å². The van der Waals surface area contributed by atoms with Crippen LogP contribution < -0.4 is 10.1 Å². The molecule has 0 saturated carbocycles. The van der Waals surface area contributed by atoms with Crippen molar-refractivity contribution in [2.45, 2.75) is 26.9 Å². The van der Waals surface area contributed by atoms with Crippen molar-refractivity contribution in [2.24, 2.45) is 0 Å². The van der Waals surface area contributed by atoms with Crippen LogP contribution in [0.1, 0.15) is 34.2 Å². The van der Waals surface area contributed by atoms with Crippen molar-refractivity contribution >= 4 is 5.91 Å². The Hall–Kier alpha value is -3.08. The lowest BCUT2D eigenvalue weighted by Gasteiger charge is -2.09. The van der Waals surface area contributed by atoms with Gasteiger partial charge in [-0.2, -0.15) is 0 Å².